The molecule has 4 nitrogen and oxygen atoms in total. The molecular formula is C18H22ClN3O. The highest BCUT2D eigenvalue weighted by atomic mass is 35.5. The molecule has 1 atom stereocenters. The maximum absolute atomic E-state index is 12.2. The summed E-state index contributed by atoms with van der Waals surface area (Å²) in [6, 6.07) is 8.63. The van der Waals surface area contributed by atoms with Crippen LogP contribution in [0.5, 0.6) is 0 Å². The van der Waals surface area contributed by atoms with Crippen molar-refractivity contribution in [3.05, 3.63) is 35.5 Å². The molecule has 0 radical (unpaired) electrons. The van der Waals surface area contributed by atoms with E-state index < -0.39 is 0 Å². The zero-order valence-corrected chi connectivity index (χ0v) is 13.9. The Balaban J connectivity index is 1.31. The lowest BCUT2D eigenvalue weighted by molar-refractivity contribution is -0.121. The molecule has 1 N–H and O–H groups in total. The van der Waals surface area contributed by atoms with Gasteiger partial charge in [0.1, 0.15) is 6.54 Å². The number of rotatable bonds is 5. The molecule has 0 spiro atoms. The zero-order chi connectivity index (χ0) is 15.8. The van der Waals surface area contributed by atoms with E-state index in [0.717, 1.165) is 30.0 Å². The Morgan fingerprint density at radius 1 is 1.26 bits per heavy atom. The predicted molar refractivity (Wildman–Crippen MR) is 92.7 cm³/mol. The SMILES string of the molecule is O=C(Cn1ccc2ccc(Cl)cc21)NCC1CCN(C2CC2)C1. The van der Waals surface area contributed by atoms with Gasteiger partial charge < -0.3 is 14.8 Å². The van der Waals surface area contributed by atoms with Gasteiger partial charge in [-0.15, -0.1) is 0 Å². The molecule has 1 amide bonds. The van der Waals surface area contributed by atoms with Crippen LogP contribution in [0.4, 0.5) is 0 Å². The highest BCUT2D eigenvalue weighted by molar-refractivity contribution is 6.31. The number of aromatic nitrogens is 1. The molecule has 122 valence electrons. The monoisotopic (exact) mass is 331 g/mol. The third-order valence-electron chi connectivity index (χ3n) is 5.02. The van der Waals surface area contributed by atoms with Crippen molar-refractivity contribution in [2.75, 3.05) is 19.6 Å². The third-order valence-corrected chi connectivity index (χ3v) is 5.25. The maximum atomic E-state index is 12.2. The van der Waals surface area contributed by atoms with Crippen LogP contribution in [0.1, 0.15) is 19.3 Å². The summed E-state index contributed by atoms with van der Waals surface area (Å²) in [7, 11) is 0. The standard InChI is InChI=1S/C18H22ClN3O/c19-15-2-1-14-6-8-22(17(14)9-15)12-18(23)20-10-13-5-7-21(11-13)16-3-4-16/h1-2,6,8-9,13,16H,3-5,7,10-12H2,(H,20,23). The van der Waals surface area contributed by atoms with Gasteiger partial charge >= 0.3 is 0 Å². The Hall–Kier alpha value is -1.52. The van der Waals surface area contributed by atoms with Crippen molar-refractivity contribution in [3.63, 3.8) is 0 Å². The summed E-state index contributed by atoms with van der Waals surface area (Å²) < 4.78 is 1.96. The number of benzene rings is 1. The molecule has 0 bridgehead atoms. The van der Waals surface area contributed by atoms with Gasteiger partial charge in [-0.05, 0) is 55.3 Å². The smallest absolute Gasteiger partial charge is 0.239 e. The van der Waals surface area contributed by atoms with E-state index in [0.29, 0.717) is 17.5 Å². The molecule has 2 aliphatic rings. The van der Waals surface area contributed by atoms with E-state index in [4.69, 9.17) is 11.6 Å². The van der Waals surface area contributed by atoms with Crippen LogP contribution in [0.2, 0.25) is 5.02 Å². The first-order valence-electron chi connectivity index (χ1n) is 8.44. The van der Waals surface area contributed by atoms with Crippen molar-refractivity contribution in [3.8, 4) is 0 Å². The van der Waals surface area contributed by atoms with Crippen molar-refractivity contribution in [2.24, 2.45) is 5.92 Å². The summed E-state index contributed by atoms with van der Waals surface area (Å²) in [5.74, 6) is 0.683. The average Bonchev–Trinajstić information content (AvgIpc) is 3.16. The average molecular weight is 332 g/mol. The van der Waals surface area contributed by atoms with Crippen LogP contribution in [-0.4, -0.2) is 41.1 Å². The largest absolute Gasteiger partial charge is 0.354 e. The predicted octanol–water partition coefficient (Wildman–Crippen LogP) is 2.90. The molecule has 1 saturated heterocycles. The number of likely N-dealkylation sites (tertiary alicyclic amines) is 1. The second-order valence-corrected chi connectivity index (χ2v) is 7.27. The van der Waals surface area contributed by atoms with Crippen molar-refractivity contribution in [1.29, 1.82) is 0 Å². The molecular weight excluding hydrogens is 310 g/mol. The number of amides is 1. The molecule has 2 aromatic rings. The lowest BCUT2D eigenvalue weighted by Gasteiger charge is -2.15. The number of nitrogens with zero attached hydrogens (tertiary/aromatic N) is 2. The minimum absolute atomic E-state index is 0.0762. The number of hydrogen-bond donors (Lipinski definition) is 1. The fourth-order valence-corrected chi connectivity index (χ4v) is 3.73. The summed E-state index contributed by atoms with van der Waals surface area (Å²) in [5.41, 5.74) is 1.01. The third kappa shape index (κ3) is 3.38. The van der Waals surface area contributed by atoms with Gasteiger partial charge in [-0.2, -0.15) is 0 Å². The van der Waals surface area contributed by atoms with Gasteiger partial charge in [0.25, 0.3) is 0 Å². The van der Waals surface area contributed by atoms with Crippen LogP contribution < -0.4 is 5.32 Å². The molecule has 4 rings (SSSR count). The normalized spacial score (nSPS) is 21.9. The van der Waals surface area contributed by atoms with Crippen molar-refractivity contribution >= 4 is 28.4 Å². The molecule has 1 aromatic carbocycles. The number of carbonyl (C=O) groups is 1. The number of hydrogen-bond acceptors (Lipinski definition) is 2. The maximum Gasteiger partial charge on any atom is 0.239 e. The fraction of sp³-hybridized carbons (Fsp3) is 0.500. The number of carbonyl (C=O) groups excluding carboxylic acids is 1. The van der Waals surface area contributed by atoms with Crippen molar-refractivity contribution in [1.82, 2.24) is 14.8 Å². The van der Waals surface area contributed by atoms with E-state index in [2.05, 4.69) is 10.2 Å². The van der Waals surface area contributed by atoms with E-state index in [-0.39, 0.29) is 5.91 Å². The molecule has 2 fully saturated rings. The Bertz CT molecular complexity index is 722. The Morgan fingerprint density at radius 2 is 2.13 bits per heavy atom. The van der Waals surface area contributed by atoms with E-state index in [9.17, 15) is 4.79 Å². The molecule has 23 heavy (non-hydrogen) atoms. The lowest BCUT2D eigenvalue weighted by Crippen LogP contribution is -2.33. The van der Waals surface area contributed by atoms with E-state index in [1.165, 1.54) is 25.8 Å². The lowest BCUT2D eigenvalue weighted by atomic mass is 10.1. The highest BCUT2D eigenvalue weighted by Gasteiger charge is 2.34. The first-order valence-corrected chi connectivity index (χ1v) is 8.82. The summed E-state index contributed by atoms with van der Waals surface area (Å²) in [5, 5.41) is 4.91. The van der Waals surface area contributed by atoms with Gasteiger partial charge in [0.2, 0.25) is 5.91 Å². The van der Waals surface area contributed by atoms with Crippen LogP contribution in [0.3, 0.4) is 0 Å². The second-order valence-electron chi connectivity index (χ2n) is 6.83. The fourth-order valence-electron chi connectivity index (χ4n) is 3.56. The molecule has 5 heteroatoms. The number of fused-ring (bicyclic) bond motifs is 1. The summed E-state index contributed by atoms with van der Waals surface area (Å²) >= 11 is 6.06. The van der Waals surface area contributed by atoms with Gasteiger partial charge in [-0.1, -0.05) is 17.7 Å². The molecule has 1 aliphatic heterocycles. The topological polar surface area (TPSA) is 37.3 Å². The summed E-state index contributed by atoms with van der Waals surface area (Å²) in [6.07, 6.45) is 5.88. The Labute approximate surface area is 141 Å². The van der Waals surface area contributed by atoms with Crippen LogP contribution in [0.25, 0.3) is 10.9 Å². The second kappa shape index (κ2) is 6.17. The molecule has 1 aromatic heterocycles. The van der Waals surface area contributed by atoms with E-state index in [1.807, 2.05) is 35.0 Å². The highest BCUT2D eigenvalue weighted by Crippen LogP contribution is 2.31. The molecule has 2 heterocycles. The Morgan fingerprint density at radius 3 is 2.96 bits per heavy atom. The van der Waals surface area contributed by atoms with Gasteiger partial charge in [-0.25, -0.2) is 0 Å². The zero-order valence-electron chi connectivity index (χ0n) is 13.2. The van der Waals surface area contributed by atoms with Crippen LogP contribution in [-0.2, 0) is 11.3 Å². The van der Waals surface area contributed by atoms with Crippen LogP contribution >= 0.6 is 11.6 Å². The summed E-state index contributed by atoms with van der Waals surface area (Å²) in [6.45, 7) is 3.49. The number of halogens is 1. The van der Waals surface area contributed by atoms with Gasteiger partial charge in [0, 0.05) is 35.9 Å². The summed E-state index contributed by atoms with van der Waals surface area (Å²) in [4.78, 5) is 14.8. The molecule has 1 unspecified atom stereocenters. The number of nitrogens with one attached hydrogen (secondary N) is 1. The first kappa shape index (κ1) is 15.0. The van der Waals surface area contributed by atoms with Gasteiger partial charge in [-0.3, -0.25) is 4.79 Å². The molecule has 1 saturated carbocycles. The van der Waals surface area contributed by atoms with E-state index >= 15 is 0 Å². The van der Waals surface area contributed by atoms with Crippen LogP contribution in [0.15, 0.2) is 30.5 Å². The minimum Gasteiger partial charge on any atom is -0.354 e. The van der Waals surface area contributed by atoms with E-state index in [1.54, 1.807) is 0 Å². The van der Waals surface area contributed by atoms with Crippen LogP contribution in [0, 0.1) is 5.92 Å². The Kier molecular flexibility index (Phi) is 4.04. The minimum atomic E-state index is 0.0762. The van der Waals surface area contributed by atoms with Crippen molar-refractivity contribution < 1.29 is 4.79 Å². The quantitative estimate of drug-likeness (QED) is 0.914. The van der Waals surface area contributed by atoms with Gasteiger partial charge in [0.05, 0.1) is 0 Å². The van der Waals surface area contributed by atoms with Crippen molar-refractivity contribution in [2.45, 2.75) is 31.8 Å². The molecule has 1 aliphatic carbocycles. The van der Waals surface area contributed by atoms with Gasteiger partial charge in [0.15, 0.2) is 0 Å². The first-order chi connectivity index (χ1) is 11.2.